The molecule has 0 fully saturated rings. The van der Waals surface area contributed by atoms with Crippen molar-refractivity contribution in [1.29, 1.82) is 0 Å². The second-order valence-corrected chi connectivity index (χ2v) is 4.83. The van der Waals surface area contributed by atoms with Crippen LogP contribution in [0.15, 0.2) is 46.2 Å². The number of nitrogens with one attached hydrogen (secondary N) is 1. The van der Waals surface area contributed by atoms with Crippen LogP contribution < -0.4 is 5.32 Å². The van der Waals surface area contributed by atoms with Crippen molar-refractivity contribution in [3.05, 3.63) is 48.0 Å². The van der Waals surface area contributed by atoms with Gasteiger partial charge in [-0.15, -0.1) is 0 Å². The number of amides is 2. The van der Waals surface area contributed by atoms with Crippen LogP contribution in [0.4, 0.5) is 0 Å². The third kappa shape index (κ3) is 4.18. The highest BCUT2D eigenvalue weighted by molar-refractivity contribution is 7.99. The summed E-state index contributed by atoms with van der Waals surface area (Å²) in [6, 6.07) is 5.88. The standard InChI is InChI=1S/C13H10N2O5S/c16-10(15-12(17)9-2-1-5-20-9)7-21-11-4-3-8(6-14-11)13(18)19/h1-6H,7H2,(H,18,19)(H,15,16,17). The van der Waals surface area contributed by atoms with Gasteiger partial charge in [0.2, 0.25) is 5.91 Å². The lowest BCUT2D eigenvalue weighted by molar-refractivity contribution is -0.117. The minimum absolute atomic E-state index is 0.0220. The first kappa shape index (κ1) is 14.8. The summed E-state index contributed by atoms with van der Waals surface area (Å²) >= 11 is 1.09. The van der Waals surface area contributed by atoms with Crippen LogP contribution in [0.1, 0.15) is 20.9 Å². The summed E-state index contributed by atoms with van der Waals surface area (Å²) in [6.07, 6.45) is 2.54. The van der Waals surface area contributed by atoms with Crippen LogP contribution in [0, 0.1) is 0 Å². The van der Waals surface area contributed by atoms with Gasteiger partial charge in [0.05, 0.1) is 22.6 Å². The van der Waals surface area contributed by atoms with Crippen LogP contribution in [0.2, 0.25) is 0 Å². The maximum atomic E-state index is 11.6. The number of furan rings is 1. The van der Waals surface area contributed by atoms with Gasteiger partial charge in [-0.2, -0.15) is 0 Å². The predicted molar refractivity (Wildman–Crippen MR) is 73.1 cm³/mol. The first-order valence-electron chi connectivity index (χ1n) is 5.76. The lowest BCUT2D eigenvalue weighted by atomic mass is 10.3. The Labute approximate surface area is 123 Å². The highest BCUT2D eigenvalue weighted by Gasteiger charge is 2.13. The van der Waals surface area contributed by atoms with Gasteiger partial charge in [-0.3, -0.25) is 14.9 Å². The minimum Gasteiger partial charge on any atom is -0.478 e. The molecule has 2 aromatic heterocycles. The van der Waals surface area contributed by atoms with E-state index in [1.165, 1.54) is 30.7 Å². The Bertz CT molecular complexity index is 652. The number of hydrogen-bond acceptors (Lipinski definition) is 6. The Morgan fingerprint density at radius 2 is 2.10 bits per heavy atom. The van der Waals surface area contributed by atoms with Crippen molar-refractivity contribution in [1.82, 2.24) is 10.3 Å². The molecule has 0 aliphatic heterocycles. The van der Waals surface area contributed by atoms with Gasteiger partial charge in [-0.05, 0) is 24.3 Å². The number of aromatic carboxylic acids is 1. The van der Waals surface area contributed by atoms with Gasteiger partial charge in [-0.1, -0.05) is 11.8 Å². The summed E-state index contributed by atoms with van der Waals surface area (Å²) in [7, 11) is 0. The lowest BCUT2D eigenvalue weighted by Crippen LogP contribution is -2.31. The van der Waals surface area contributed by atoms with Gasteiger partial charge >= 0.3 is 5.97 Å². The zero-order chi connectivity index (χ0) is 15.2. The number of carboxylic acid groups (broad SMARTS) is 1. The number of carboxylic acids is 1. The molecule has 7 nitrogen and oxygen atoms in total. The van der Waals surface area contributed by atoms with Crippen molar-refractivity contribution >= 4 is 29.5 Å². The molecule has 21 heavy (non-hydrogen) atoms. The molecule has 8 heteroatoms. The first-order valence-corrected chi connectivity index (χ1v) is 6.74. The number of hydrogen-bond donors (Lipinski definition) is 2. The van der Waals surface area contributed by atoms with Crippen molar-refractivity contribution in [2.75, 3.05) is 5.75 Å². The van der Waals surface area contributed by atoms with Gasteiger partial charge in [0.25, 0.3) is 5.91 Å². The van der Waals surface area contributed by atoms with E-state index >= 15 is 0 Å². The van der Waals surface area contributed by atoms with Crippen molar-refractivity contribution in [2.24, 2.45) is 0 Å². The molecule has 2 amide bonds. The highest BCUT2D eigenvalue weighted by Crippen LogP contribution is 2.15. The number of carbonyl (C=O) groups excluding carboxylic acids is 2. The van der Waals surface area contributed by atoms with Crippen LogP contribution in [0.3, 0.4) is 0 Å². The van der Waals surface area contributed by atoms with E-state index in [0.717, 1.165) is 11.8 Å². The molecule has 0 aliphatic carbocycles. The Kier molecular flexibility index (Phi) is 4.72. The van der Waals surface area contributed by atoms with Crippen molar-refractivity contribution in [2.45, 2.75) is 5.03 Å². The number of nitrogens with zero attached hydrogens (tertiary/aromatic N) is 1. The van der Waals surface area contributed by atoms with E-state index in [0.29, 0.717) is 5.03 Å². The van der Waals surface area contributed by atoms with E-state index in [1.807, 2.05) is 0 Å². The average molecular weight is 306 g/mol. The molecule has 0 radical (unpaired) electrons. The van der Waals surface area contributed by atoms with Gasteiger partial charge in [0, 0.05) is 6.20 Å². The molecular weight excluding hydrogens is 296 g/mol. The van der Waals surface area contributed by atoms with Crippen molar-refractivity contribution in [3.63, 3.8) is 0 Å². The SMILES string of the molecule is O=C(CSc1ccc(C(=O)O)cn1)NC(=O)c1ccco1. The smallest absolute Gasteiger partial charge is 0.337 e. The van der Waals surface area contributed by atoms with Crippen molar-refractivity contribution in [3.8, 4) is 0 Å². The second kappa shape index (κ2) is 6.71. The van der Waals surface area contributed by atoms with E-state index in [4.69, 9.17) is 9.52 Å². The molecule has 2 aromatic rings. The fraction of sp³-hybridized carbons (Fsp3) is 0.0769. The highest BCUT2D eigenvalue weighted by atomic mass is 32.2. The molecule has 0 unspecified atom stereocenters. The molecular formula is C13H10N2O5S. The normalized spacial score (nSPS) is 10.1. The zero-order valence-corrected chi connectivity index (χ0v) is 11.4. The summed E-state index contributed by atoms with van der Waals surface area (Å²) in [5.74, 6) is -2.14. The number of carbonyl (C=O) groups is 3. The van der Waals surface area contributed by atoms with Crippen LogP contribution >= 0.6 is 11.8 Å². The summed E-state index contributed by atoms with van der Waals surface area (Å²) in [6.45, 7) is 0. The molecule has 0 aromatic carbocycles. The molecule has 2 rings (SSSR count). The Balaban J connectivity index is 1.83. The predicted octanol–water partition coefficient (Wildman–Crippen LogP) is 1.42. The molecule has 0 spiro atoms. The third-order valence-corrected chi connectivity index (χ3v) is 3.28. The summed E-state index contributed by atoms with van der Waals surface area (Å²) in [5, 5.41) is 11.4. The third-order valence-electron chi connectivity index (χ3n) is 2.33. The molecule has 0 aliphatic rings. The number of pyridine rings is 1. The van der Waals surface area contributed by atoms with E-state index in [9.17, 15) is 14.4 Å². The number of imide groups is 1. The summed E-state index contributed by atoms with van der Waals surface area (Å²) in [4.78, 5) is 37.7. The van der Waals surface area contributed by atoms with E-state index in [-0.39, 0.29) is 17.1 Å². The maximum absolute atomic E-state index is 11.6. The van der Waals surface area contributed by atoms with Crippen LogP contribution in [0.25, 0.3) is 0 Å². The molecule has 0 bridgehead atoms. The maximum Gasteiger partial charge on any atom is 0.337 e. The van der Waals surface area contributed by atoms with E-state index < -0.39 is 17.8 Å². The van der Waals surface area contributed by atoms with Gasteiger partial charge in [0.15, 0.2) is 5.76 Å². The first-order chi connectivity index (χ1) is 10.1. The summed E-state index contributed by atoms with van der Waals surface area (Å²) in [5.41, 5.74) is 0.0665. The zero-order valence-electron chi connectivity index (χ0n) is 10.6. The summed E-state index contributed by atoms with van der Waals surface area (Å²) < 4.78 is 4.86. The van der Waals surface area contributed by atoms with Gasteiger partial charge < -0.3 is 9.52 Å². The minimum atomic E-state index is -1.07. The van der Waals surface area contributed by atoms with E-state index in [2.05, 4.69) is 10.3 Å². The molecule has 108 valence electrons. The van der Waals surface area contributed by atoms with Gasteiger partial charge in [0.1, 0.15) is 0 Å². The molecule has 0 atom stereocenters. The van der Waals surface area contributed by atoms with Crippen LogP contribution in [-0.2, 0) is 4.79 Å². The van der Waals surface area contributed by atoms with Crippen LogP contribution in [0.5, 0.6) is 0 Å². The fourth-order valence-corrected chi connectivity index (χ4v) is 2.01. The lowest BCUT2D eigenvalue weighted by Gasteiger charge is -2.02. The topological polar surface area (TPSA) is 110 Å². The van der Waals surface area contributed by atoms with E-state index in [1.54, 1.807) is 6.07 Å². The fourth-order valence-electron chi connectivity index (χ4n) is 1.36. The van der Waals surface area contributed by atoms with Crippen molar-refractivity contribution < 1.29 is 23.9 Å². The Morgan fingerprint density at radius 3 is 2.67 bits per heavy atom. The average Bonchev–Trinajstić information content (AvgIpc) is 3.00. The molecule has 0 saturated carbocycles. The Morgan fingerprint density at radius 1 is 1.29 bits per heavy atom. The van der Waals surface area contributed by atoms with Crippen LogP contribution in [-0.4, -0.2) is 33.6 Å². The number of thioether (sulfide) groups is 1. The second-order valence-electron chi connectivity index (χ2n) is 3.83. The van der Waals surface area contributed by atoms with Gasteiger partial charge in [-0.25, -0.2) is 9.78 Å². The Hall–Kier alpha value is -2.61. The quantitative estimate of drug-likeness (QED) is 0.804. The number of aromatic nitrogens is 1. The monoisotopic (exact) mass is 306 g/mol. The largest absolute Gasteiger partial charge is 0.478 e. The molecule has 2 N–H and O–H groups in total. The molecule has 2 heterocycles. The molecule has 0 saturated heterocycles. The number of rotatable bonds is 5.